The fraction of sp³-hybridized carbons (Fsp3) is 0.179. The molecular formula is C28H26N8O3S. The van der Waals surface area contributed by atoms with Gasteiger partial charge < -0.3 is 15.2 Å². The first-order valence-corrected chi connectivity index (χ1v) is 14.4. The molecule has 202 valence electrons. The van der Waals surface area contributed by atoms with Crippen LogP contribution in [0.4, 0.5) is 23.0 Å². The predicted molar refractivity (Wildman–Crippen MR) is 152 cm³/mol. The summed E-state index contributed by atoms with van der Waals surface area (Å²) < 4.78 is 29.5. The zero-order valence-corrected chi connectivity index (χ0v) is 22.2. The molecule has 0 aliphatic heterocycles. The molecule has 0 unspecified atom stereocenters. The van der Waals surface area contributed by atoms with Crippen LogP contribution in [0.25, 0.3) is 11.0 Å². The van der Waals surface area contributed by atoms with Gasteiger partial charge in [0.2, 0.25) is 5.95 Å². The largest absolute Gasteiger partial charge is 0.324 e. The molecule has 1 aliphatic carbocycles. The Morgan fingerprint density at radius 2 is 1.55 bits per heavy atom. The van der Waals surface area contributed by atoms with Crippen LogP contribution < -0.4 is 15.4 Å². The van der Waals surface area contributed by atoms with Crippen molar-refractivity contribution in [2.45, 2.75) is 36.9 Å². The van der Waals surface area contributed by atoms with Gasteiger partial charge in [0.15, 0.2) is 0 Å². The Hall–Kier alpha value is -4.84. The van der Waals surface area contributed by atoms with Gasteiger partial charge in [-0.15, -0.1) is 0 Å². The number of carbonyl (C=O) groups is 1. The second kappa shape index (κ2) is 10.7. The summed E-state index contributed by atoms with van der Waals surface area (Å²) in [5.74, 6) is 0.176. The van der Waals surface area contributed by atoms with Crippen molar-refractivity contribution >= 4 is 50.0 Å². The molecule has 0 spiro atoms. The molecule has 0 radical (unpaired) electrons. The van der Waals surface area contributed by atoms with Crippen molar-refractivity contribution < 1.29 is 13.2 Å². The third-order valence-corrected chi connectivity index (χ3v) is 7.90. The lowest BCUT2D eigenvalue weighted by atomic mass is 10.2. The fourth-order valence-corrected chi connectivity index (χ4v) is 5.80. The maximum atomic E-state index is 13.3. The Labute approximate surface area is 230 Å². The molecule has 5 aromatic rings. The highest BCUT2D eigenvalue weighted by Gasteiger charge is 2.26. The van der Waals surface area contributed by atoms with Crippen LogP contribution in [0.1, 0.15) is 42.2 Å². The summed E-state index contributed by atoms with van der Waals surface area (Å²) in [6.07, 6.45) is 8.61. The second-order valence-corrected chi connectivity index (χ2v) is 11.0. The van der Waals surface area contributed by atoms with Crippen LogP contribution >= 0.6 is 0 Å². The maximum absolute atomic E-state index is 13.3. The number of nitrogens with one attached hydrogen (secondary N) is 3. The summed E-state index contributed by atoms with van der Waals surface area (Å²) in [7, 11) is -3.90. The average Bonchev–Trinajstić information content (AvgIpc) is 3.63. The van der Waals surface area contributed by atoms with Crippen LogP contribution in [-0.4, -0.2) is 38.8 Å². The molecule has 0 bridgehead atoms. The van der Waals surface area contributed by atoms with Gasteiger partial charge in [-0.2, -0.15) is 13.4 Å². The molecule has 40 heavy (non-hydrogen) atoms. The highest BCUT2D eigenvalue weighted by molar-refractivity contribution is 7.92. The lowest BCUT2D eigenvalue weighted by Gasteiger charge is -2.17. The van der Waals surface area contributed by atoms with E-state index in [0.29, 0.717) is 28.7 Å². The van der Waals surface area contributed by atoms with E-state index in [0.717, 1.165) is 36.8 Å². The molecule has 1 amide bonds. The van der Waals surface area contributed by atoms with Crippen molar-refractivity contribution in [3.8, 4) is 0 Å². The first-order chi connectivity index (χ1) is 19.5. The Balaban J connectivity index is 1.25. The Morgan fingerprint density at radius 1 is 0.850 bits per heavy atom. The van der Waals surface area contributed by atoms with E-state index in [1.54, 1.807) is 36.5 Å². The van der Waals surface area contributed by atoms with Crippen molar-refractivity contribution in [3.63, 3.8) is 0 Å². The van der Waals surface area contributed by atoms with Crippen LogP contribution in [0.15, 0.2) is 90.5 Å². The zero-order valence-electron chi connectivity index (χ0n) is 21.4. The van der Waals surface area contributed by atoms with Crippen molar-refractivity contribution in [1.82, 2.24) is 24.5 Å². The molecule has 6 rings (SSSR count). The normalized spacial score (nSPS) is 13.8. The van der Waals surface area contributed by atoms with Gasteiger partial charge in [0, 0.05) is 47.1 Å². The number of para-hydroxylation sites is 1. The predicted octanol–water partition coefficient (Wildman–Crippen LogP) is 5.13. The Bertz CT molecular complexity index is 1750. The van der Waals surface area contributed by atoms with Gasteiger partial charge in [-0.25, -0.2) is 15.0 Å². The zero-order chi connectivity index (χ0) is 27.5. The van der Waals surface area contributed by atoms with E-state index < -0.39 is 10.0 Å². The van der Waals surface area contributed by atoms with Crippen LogP contribution in [0.2, 0.25) is 0 Å². The third kappa shape index (κ3) is 5.34. The average molecular weight is 555 g/mol. The maximum Gasteiger partial charge on any atom is 0.297 e. The molecule has 1 aliphatic rings. The van der Waals surface area contributed by atoms with E-state index in [2.05, 4.69) is 30.3 Å². The lowest BCUT2D eigenvalue weighted by Crippen LogP contribution is -2.19. The van der Waals surface area contributed by atoms with Gasteiger partial charge in [0.05, 0.1) is 0 Å². The molecule has 12 heteroatoms. The SMILES string of the molecule is O=C(Nc1ccccc1)c1cc2cnc(Nc3ccc(NS(=O)(=O)c4ncccn4)cc3)nc2n1C1CCCC1. The van der Waals surface area contributed by atoms with E-state index in [1.165, 1.54) is 12.4 Å². The minimum Gasteiger partial charge on any atom is -0.324 e. The van der Waals surface area contributed by atoms with Gasteiger partial charge >= 0.3 is 0 Å². The molecule has 3 N–H and O–H groups in total. The van der Waals surface area contributed by atoms with E-state index in [9.17, 15) is 13.2 Å². The summed E-state index contributed by atoms with van der Waals surface area (Å²) in [5.41, 5.74) is 3.00. The number of benzene rings is 2. The first kappa shape index (κ1) is 25.4. The molecular weight excluding hydrogens is 528 g/mol. The van der Waals surface area contributed by atoms with E-state index in [1.807, 2.05) is 41.0 Å². The number of sulfonamides is 1. The standard InChI is InChI=1S/C28H26N8O3S/c37-26(32-20-7-2-1-3-8-20)24-17-19-18-31-27(34-25(19)36(24)23-9-4-5-10-23)33-21-11-13-22(14-12-21)35-40(38,39)28-29-15-6-16-30-28/h1-3,6-8,11-18,23,35H,4-5,9-10H2,(H,32,37)(H,31,33,34). The summed E-state index contributed by atoms with van der Waals surface area (Å²) in [4.78, 5) is 30.1. The number of amides is 1. The lowest BCUT2D eigenvalue weighted by molar-refractivity contribution is 0.101. The number of fused-ring (bicyclic) bond motifs is 1. The second-order valence-electron chi connectivity index (χ2n) is 9.47. The smallest absolute Gasteiger partial charge is 0.297 e. The van der Waals surface area contributed by atoms with Gasteiger partial charge in [-0.05, 0) is 61.4 Å². The topological polar surface area (TPSA) is 144 Å². The summed E-state index contributed by atoms with van der Waals surface area (Å²) >= 11 is 0. The van der Waals surface area contributed by atoms with E-state index in [4.69, 9.17) is 4.98 Å². The Morgan fingerprint density at radius 3 is 2.27 bits per heavy atom. The van der Waals surface area contributed by atoms with Crippen molar-refractivity contribution in [3.05, 3.63) is 91.0 Å². The van der Waals surface area contributed by atoms with Crippen LogP contribution in [0, 0.1) is 0 Å². The van der Waals surface area contributed by atoms with Crippen LogP contribution in [0.3, 0.4) is 0 Å². The minimum atomic E-state index is -3.90. The third-order valence-electron chi connectivity index (χ3n) is 6.71. The molecule has 0 saturated heterocycles. The number of rotatable bonds is 8. The van der Waals surface area contributed by atoms with Gasteiger partial charge in [-0.1, -0.05) is 31.0 Å². The van der Waals surface area contributed by atoms with E-state index >= 15 is 0 Å². The molecule has 3 heterocycles. The molecule has 11 nitrogen and oxygen atoms in total. The van der Waals surface area contributed by atoms with Gasteiger partial charge in [0.1, 0.15) is 11.3 Å². The van der Waals surface area contributed by atoms with Crippen molar-refractivity contribution in [1.29, 1.82) is 0 Å². The quantitative estimate of drug-likeness (QED) is 0.224. The number of anilines is 4. The number of hydrogen-bond acceptors (Lipinski definition) is 8. The summed E-state index contributed by atoms with van der Waals surface area (Å²) in [6, 6.07) is 19.6. The molecule has 1 saturated carbocycles. The summed E-state index contributed by atoms with van der Waals surface area (Å²) in [6.45, 7) is 0. The minimum absolute atomic E-state index is 0.178. The monoisotopic (exact) mass is 554 g/mol. The van der Waals surface area contributed by atoms with Crippen molar-refractivity contribution in [2.24, 2.45) is 0 Å². The highest BCUT2D eigenvalue weighted by Crippen LogP contribution is 2.35. The first-order valence-electron chi connectivity index (χ1n) is 12.9. The molecule has 2 aromatic carbocycles. The fourth-order valence-electron chi connectivity index (χ4n) is 4.87. The number of aromatic nitrogens is 5. The number of hydrogen-bond donors (Lipinski definition) is 3. The summed E-state index contributed by atoms with van der Waals surface area (Å²) in [5, 5.41) is 6.64. The van der Waals surface area contributed by atoms with Gasteiger partial charge in [-0.3, -0.25) is 9.52 Å². The van der Waals surface area contributed by atoms with Crippen LogP contribution in [0.5, 0.6) is 0 Å². The number of nitrogens with zero attached hydrogens (tertiary/aromatic N) is 5. The van der Waals surface area contributed by atoms with Crippen molar-refractivity contribution in [2.75, 3.05) is 15.4 Å². The van der Waals surface area contributed by atoms with Crippen LogP contribution in [-0.2, 0) is 10.0 Å². The molecule has 0 atom stereocenters. The van der Waals surface area contributed by atoms with Gasteiger partial charge in [0.25, 0.3) is 21.1 Å². The Kier molecular flexibility index (Phi) is 6.83. The molecule has 3 aromatic heterocycles. The van der Waals surface area contributed by atoms with E-state index in [-0.39, 0.29) is 17.1 Å². The highest BCUT2D eigenvalue weighted by atomic mass is 32.2. The molecule has 1 fully saturated rings. The number of carbonyl (C=O) groups excluding carboxylic acids is 1.